The summed E-state index contributed by atoms with van der Waals surface area (Å²) in [6.07, 6.45) is 1.80. The highest BCUT2D eigenvalue weighted by atomic mass is 16.4. The lowest BCUT2D eigenvalue weighted by atomic mass is 10.2. The van der Waals surface area contributed by atoms with Crippen LogP contribution in [0.25, 0.3) is 39.6 Å². The maximum Gasteiger partial charge on any atom is 0.228 e. The number of rotatable bonds is 3. The van der Waals surface area contributed by atoms with Gasteiger partial charge < -0.3 is 4.42 Å². The van der Waals surface area contributed by atoms with Crippen LogP contribution in [-0.2, 0) is 0 Å². The van der Waals surface area contributed by atoms with Crippen LogP contribution >= 0.6 is 0 Å². The highest BCUT2D eigenvalue weighted by Gasteiger charge is 2.19. The minimum atomic E-state index is 0.595. The molecule has 4 nitrogen and oxygen atoms in total. The molecule has 2 heterocycles. The van der Waals surface area contributed by atoms with Crippen molar-refractivity contribution in [3.8, 4) is 28.6 Å². The van der Waals surface area contributed by atoms with Crippen molar-refractivity contribution in [3.05, 3.63) is 91.3 Å². The molecule has 0 saturated heterocycles. The molecule has 0 aliphatic rings. The molecule has 0 aliphatic heterocycles. The zero-order valence-corrected chi connectivity index (χ0v) is 13.9. The van der Waals surface area contributed by atoms with Crippen molar-refractivity contribution in [2.24, 2.45) is 0 Å². The molecule has 0 unspecified atom stereocenters. The van der Waals surface area contributed by atoms with Gasteiger partial charge in [-0.05, 0) is 24.3 Å². The van der Waals surface area contributed by atoms with Crippen LogP contribution in [0.1, 0.15) is 0 Å². The fourth-order valence-corrected chi connectivity index (χ4v) is 3.09. The number of fused-ring (bicyclic) bond motifs is 1. The molecule has 0 amide bonds. The molecule has 4 heteroatoms. The van der Waals surface area contributed by atoms with Gasteiger partial charge in [0, 0.05) is 11.1 Å². The van der Waals surface area contributed by atoms with E-state index < -0.39 is 0 Å². The first kappa shape index (κ1) is 14.7. The summed E-state index contributed by atoms with van der Waals surface area (Å²) in [5.41, 5.74) is 3.85. The summed E-state index contributed by atoms with van der Waals surface area (Å²) in [6, 6.07) is 28.0. The van der Waals surface area contributed by atoms with Gasteiger partial charge in [0.1, 0.15) is 6.33 Å². The van der Waals surface area contributed by atoms with Crippen molar-refractivity contribution in [1.29, 1.82) is 0 Å². The molecule has 26 heavy (non-hydrogen) atoms. The molecule has 0 fully saturated rings. The summed E-state index contributed by atoms with van der Waals surface area (Å²) >= 11 is 0. The Labute approximate surface area is 150 Å². The van der Waals surface area contributed by atoms with Crippen molar-refractivity contribution in [1.82, 2.24) is 14.5 Å². The van der Waals surface area contributed by atoms with E-state index in [4.69, 9.17) is 9.40 Å². The van der Waals surface area contributed by atoms with E-state index in [-0.39, 0.29) is 0 Å². The van der Waals surface area contributed by atoms with Crippen LogP contribution < -0.4 is 0 Å². The van der Waals surface area contributed by atoms with Crippen molar-refractivity contribution < 1.29 is 4.42 Å². The largest absolute Gasteiger partial charge is 0.434 e. The van der Waals surface area contributed by atoms with Crippen molar-refractivity contribution >= 4 is 11.0 Å². The van der Waals surface area contributed by atoms with Crippen LogP contribution in [0.3, 0.4) is 0 Å². The summed E-state index contributed by atoms with van der Waals surface area (Å²) in [5.74, 6) is 2.06. The third-order valence-corrected chi connectivity index (χ3v) is 4.35. The molecule has 124 valence electrons. The Hall–Kier alpha value is -3.66. The first-order valence-electron chi connectivity index (χ1n) is 8.44. The molecule has 5 aromatic rings. The number of aromatic nitrogens is 3. The first-order valence-corrected chi connectivity index (χ1v) is 8.44. The Balaban J connectivity index is 1.77. The quantitative estimate of drug-likeness (QED) is 0.446. The third kappa shape index (κ3) is 2.40. The normalized spacial score (nSPS) is 11.1. The molecule has 0 saturated carbocycles. The lowest BCUT2D eigenvalue weighted by molar-refractivity contribution is 0.588. The molecule has 0 atom stereocenters. The maximum atomic E-state index is 6.20. The third-order valence-electron chi connectivity index (χ3n) is 4.35. The van der Waals surface area contributed by atoms with Gasteiger partial charge in [-0.3, -0.25) is 4.57 Å². The Morgan fingerprint density at radius 2 is 1.35 bits per heavy atom. The van der Waals surface area contributed by atoms with E-state index in [1.807, 2.05) is 89.5 Å². The van der Waals surface area contributed by atoms with Crippen molar-refractivity contribution in [2.45, 2.75) is 0 Å². The molecule has 0 bridgehead atoms. The van der Waals surface area contributed by atoms with Crippen molar-refractivity contribution in [3.63, 3.8) is 0 Å². The van der Waals surface area contributed by atoms with Gasteiger partial charge in [0.2, 0.25) is 5.89 Å². The monoisotopic (exact) mass is 337 g/mol. The second kappa shape index (κ2) is 6.01. The molecule has 2 aromatic heterocycles. The van der Waals surface area contributed by atoms with Gasteiger partial charge in [0.05, 0.1) is 11.0 Å². The Bertz CT molecular complexity index is 1170. The summed E-state index contributed by atoms with van der Waals surface area (Å²) in [5, 5.41) is 0. The zero-order chi connectivity index (χ0) is 17.3. The van der Waals surface area contributed by atoms with Crippen LogP contribution in [0.4, 0.5) is 0 Å². The second-order valence-corrected chi connectivity index (χ2v) is 6.01. The standard InChI is InChI=1S/C22H15N3O/c1-3-9-16(10-4-1)20-21(24-22(26-20)17-11-5-2-6-12-17)25-15-23-18-13-7-8-14-19(18)25/h1-15H. The van der Waals surface area contributed by atoms with Gasteiger partial charge in [-0.2, -0.15) is 4.98 Å². The molecule has 3 aromatic carbocycles. The maximum absolute atomic E-state index is 6.20. The average Bonchev–Trinajstić information content (AvgIpc) is 3.34. The van der Waals surface area contributed by atoms with Gasteiger partial charge >= 0.3 is 0 Å². The van der Waals surface area contributed by atoms with Gasteiger partial charge in [0.15, 0.2) is 11.6 Å². The minimum Gasteiger partial charge on any atom is -0.434 e. The fraction of sp³-hybridized carbons (Fsp3) is 0. The Morgan fingerprint density at radius 3 is 2.12 bits per heavy atom. The van der Waals surface area contributed by atoms with Gasteiger partial charge in [-0.1, -0.05) is 60.7 Å². The molecule has 0 aliphatic carbocycles. The summed E-state index contributed by atoms with van der Waals surface area (Å²) in [4.78, 5) is 9.30. The molecule has 5 rings (SSSR count). The van der Waals surface area contributed by atoms with Crippen molar-refractivity contribution in [2.75, 3.05) is 0 Å². The Morgan fingerprint density at radius 1 is 0.692 bits per heavy atom. The van der Waals surface area contributed by atoms with Crippen LogP contribution in [0, 0.1) is 0 Å². The molecule has 0 radical (unpaired) electrons. The summed E-state index contributed by atoms with van der Waals surface area (Å²) in [6.45, 7) is 0. The van der Waals surface area contributed by atoms with Crippen LogP contribution in [0.5, 0.6) is 0 Å². The highest BCUT2D eigenvalue weighted by Crippen LogP contribution is 2.33. The van der Waals surface area contributed by atoms with Crippen LogP contribution in [0.15, 0.2) is 95.7 Å². The number of hydrogen-bond acceptors (Lipinski definition) is 3. The number of para-hydroxylation sites is 2. The van der Waals surface area contributed by atoms with Gasteiger partial charge in [-0.15, -0.1) is 0 Å². The smallest absolute Gasteiger partial charge is 0.228 e. The average molecular weight is 337 g/mol. The fourth-order valence-electron chi connectivity index (χ4n) is 3.09. The van der Waals surface area contributed by atoms with E-state index in [1.54, 1.807) is 6.33 Å². The molecular weight excluding hydrogens is 322 g/mol. The number of hydrogen-bond donors (Lipinski definition) is 0. The number of benzene rings is 3. The lowest BCUT2D eigenvalue weighted by Gasteiger charge is -2.03. The predicted octanol–water partition coefficient (Wildman–Crippen LogP) is 5.35. The van der Waals surface area contributed by atoms with Crippen LogP contribution in [0.2, 0.25) is 0 Å². The molecule has 0 spiro atoms. The number of nitrogens with zero attached hydrogens (tertiary/aromatic N) is 3. The molecular formula is C22H15N3O. The number of imidazole rings is 1. The zero-order valence-electron chi connectivity index (χ0n) is 13.9. The Kier molecular flexibility index (Phi) is 3.39. The summed E-state index contributed by atoms with van der Waals surface area (Å²) in [7, 11) is 0. The van der Waals surface area contributed by atoms with E-state index >= 15 is 0 Å². The van der Waals surface area contributed by atoms with E-state index in [0.717, 1.165) is 33.7 Å². The minimum absolute atomic E-state index is 0.595. The van der Waals surface area contributed by atoms with E-state index in [9.17, 15) is 0 Å². The van der Waals surface area contributed by atoms with E-state index in [2.05, 4.69) is 4.98 Å². The number of oxazole rings is 1. The van der Waals surface area contributed by atoms with E-state index in [0.29, 0.717) is 5.89 Å². The topological polar surface area (TPSA) is 43.9 Å². The highest BCUT2D eigenvalue weighted by molar-refractivity contribution is 5.79. The predicted molar refractivity (Wildman–Crippen MR) is 102 cm³/mol. The second-order valence-electron chi connectivity index (χ2n) is 6.01. The van der Waals surface area contributed by atoms with Gasteiger partial charge in [0.25, 0.3) is 0 Å². The van der Waals surface area contributed by atoms with Crippen LogP contribution in [-0.4, -0.2) is 14.5 Å². The van der Waals surface area contributed by atoms with E-state index in [1.165, 1.54) is 0 Å². The first-order chi connectivity index (χ1) is 12.9. The molecule has 0 N–H and O–H groups in total. The summed E-state index contributed by atoms with van der Waals surface area (Å²) < 4.78 is 8.18. The SMILES string of the molecule is c1ccc(-c2nc(-n3cnc4ccccc43)c(-c3ccccc3)o2)cc1. The van der Waals surface area contributed by atoms with Gasteiger partial charge in [-0.25, -0.2) is 4.98 Å². The lowest BCUT2D eigenvalue weighted by Crippen LogP contribution is -1.95.